The van der Waals surface area contributed by atoms with Crippen LogP contribution in [0.15, 0.2) is 67.6 Å². The van der Waals surface area contributed by atoms with Gasteiger partial charge in [0.2, 0.25) is 0 Å². The Bertz CT molecular complexity index is 852. The van der Waals surface area contributed by atoms with Gasteiger partial charge in [0.05, 0.1) is 16.1 Å². The van der Waals surface area contributed by atoms with Crippen LogP contribution in [0.25, 0.3) is 16.7 Å². The molecule has 5 heteroatoms. The van der Waals surface area contributed by atoms with E-state index in [1.54, 1.807) is 12.1 Å². The summed E-state index contributed by atoms with van der Waals surface area (Å²) in [6.45, 7) is 16.0. The number of thioether (sulfide) groups is 1. The van der Waals surface area contributed by atoms with Crippen LogP contribution >= 0.6 is 27.7 Å². The Morgan fingerprint density at radius 1 is 1.26 bits per heavy atom. The van der Waals surface area contributed by atoms with Crippen molar-refractivity contribution in [1.29, 1.82) is 0 Å². The lowest BCUT2D eigenvalue weighted by Gasteiger charge is -2.14. The minimum atomic E-state index is -0.110. The molecule has 23 heavy (non-hydrogen) atoms. The van der Waals surface area contributed by atoms with Gasteiger partial charge in [0, 0.05) is 10.5 Å². The molecule has 0 bridgehead atoms. The highest BCUT2D eigenvalue weighted by atomic mass is 79.9. The molecule has 0 amide bonds. The molecule has 120 valence electrons. The van der Waals surface area contributed by atoms with Crippen molar-refractivity contribution in [3.63, 3.8) is 0 Å². The summed E-state index contributed by atoms with van der Waals surface area (Å²) in [7, 11) is 0. The molecule has 0 saturated carbocycles. The van der Waals surface area contributed by atoms with Crippen molar-refractivity contribution in [1.82, 2.24) is 5.32 Å². The standard InChI is InChI=1S/C18H18BrNO2S/c1-10(2)12(4)23-13(5)20-11(3)17-9-16(21)15-7-6-14(19)8-18(15)22-17/h6-10,20H,3-5H2,1-2H3. The Balaban J connectivity index is 2.23. The largest absolute Gasteiger partial charge is 0.454 e. The maximum Gasteiger partial charge on any atom is 0.193 e. The molecular formula is C18H18BrNO2S. The van der Waals surface area contributed by atoms with E-state index in [9.17, 15) is 4.79 Å². The first kappa shape index (κ1) is 17.6. The van der Waals surface area contributed by atoms with Gasteiger partial charge in [-0.2, -0.15) is 0 Å². The summed E-state index contributed by atoms with van der Waals surface area (Å²) in [5.41, 5.74) is 0.884. The van der Waals surface area contributed by atoms with Crippen LogP contribution in [0.3, 0.4) is 0 Å². The summed E-state index contributed by atoms with van der Waals surface area (Å²) in [5, 5.41) is 4.28. The smallest absolute Gasteiger partial charge is 0.193 e. The first-order valence-corrected chi connectivity index (χ1v) is 8.64. The van der Waals surface area contributed by atoms with E-state index in [1.807, 2.05) is 6.07 Å². The van der Waals surface area contributed by atoms with E-state index in [-0.39, 0.29) is 5.43 Å². The van der Waals surface area contributed by atoms with Gasteiger partial charge in [0.25, 0.3) is 0 Å². The minimum Gasteiger partial charge on any atom is -0.454 e. The Morgan fingerprint density at radius 3 is 2.61 bits per heavy atom. The number of halogens is 1. The van der Waals surface area contributed by atoms with Gasteiger partial charge in [-0.25, -0.2) is 0 Å². The number of fused-ring (bicyclic) bond motifs is 1. The third-order valence-corrected chi connectivity index (χ3v) is 4.75. The first-order valence-electron chi connectivity index (χ1n) is 7.03. The molecule has 0 aliphatic heterocycles. The average Bonchev–Trinajstić information content (AvgIpc) is 2.46. The summed E-state index contributed by atoms with van der Waals surface area (Å²) < 4.78 is 6.62. The minimum absolute atomic E-state index is 0.110. The van der Waals surface area contributed by atoms with Crippen molar-refractivity contribution in [3.8, 4) is 0 Å². The number of rotatable bonds is 6. The van der Waals surface area contributed by atoms with Crippen molar-refractivity contribution in [2.45, 2.75) is 13.8 Å². The van der Waals surface area contributed by atoms with Crippen LogP contribution in [0.4, 0.5) is 0 Å². The van der Waals surface area contributed by atoms with Crippen molar-refractivity contribution >= 4 is 44.4 Å². The monoisotopic (exact) mass is 391 g/mol. The van der Waals surface area contributed by atoms with Crippen LogP contribution in [0.1, 0.15) is 19.6 Å². The van der Waals surface area contributed by atoms with Crippen molar-refractivity contribution < 1.29 is 4.42 Å². The zero-order valence-electron chi connectivity index (χ0n) is 13.1. The number of hydrogen-bond acceptors (Lipinski definition) is 4. The highest BCUT2D eigenvalue weighted by Gasteiger charge is 2.10. The summed E-state index contributed by atoms with van der Waals surface area (Å²) >= 11 is 4.83. The molecular weight excluding hydrogens is 374 g/mol. The van der Waals surface area contributed by atoms with Crippen LogP contribution in [0.5, 0.6) is 0 Å². The van der Waals surface area contributed by atoms with Crippen LogP contribution in [0.2, 0.25) is 0 Å². The molecule has 2 aromatic rings. The number of benzene rings is 1. The second-order valence-electron chi connectivity index (χ2n) is 5.37. The van der Waals surface area contributed by atoms with Crippen molar-refractivity contribution in [3.05, 3.63) is 74.4 Å². The topological polar surface area (TPSA) is 42.2 Å². The third-order valence-electron chi connectivity index (χ3n) is 3.18. The lowest BCUT2D eigenvalue weighted by atomic mass is 10.2. The Kier molecular flexibility index (Phi) is 5.55. The van der Waals surface area contributed by atoms with Gasteiger partial charge >= 0.3 is 0 Å². The van der Waals surface area contributed by atoms with Crippen LogP contribution in [-0.2, 0) is 0 Å². The van der Waals surface area contributed by atoms with E-state index in [2.05, 4.69) is 54.8 Å². The maximum atomic E-state index is 12.2. The van der Waals surface area contributed by atoms with E-state index < -0.39 is 0 Å². The van der Waals surface area contributed by atoms with Gasteiger partial charge in [0.1, 0.15) is 5.58 Å². The van der Waals surface area contributed by atoms with Gasteiger partial charge in [0.15, 0.2) is 11.2 Å². The Morgan fingerprint density at radius 2 is 1.96 bits per heavy atom. The molecule has 0 fully saturated rings. The quantitative estimate of drug-likeness (QED) is 0.706. The number of allylic oxidation sites excluding steroid dienone is 1. The lowest BCUT2D eigenvalue weighted by molar-refractivity contribution is 0.582. The SMILES string of the molecule is C=C(NC(=C)c1cc(=O)c2ccc(Br)cc2o1)SC(=C)C(C)C. The zero-order chi connectivity index (χ0) is 17.1. The second kappa shape index (κ2) is 7.23. The molecule has 0 atom stereocenters. The number of hydrogen-bond donors (Lipinski definition) is 1. The molecule has 1 heterocycles. The molecule has 0 radical (unpaired) electrons. The van der Waals surface area contributed by atoms with Gasteiger partial charge < -0.3 is 9.73 Å². The summed E-state index contributed by atoms with van der Waals surface area (Å²) in [6.07, 6.45) is 0. The fourth-order valence-corrected chi connectivity index (χ4v) is 2.88. The fourth-order valence-electron chi connectivity index (χ4n) is 1.81. The summed E-state index contributed by atoms with van der Waals surface area (Å²) in [6, 6.07) is 6.73. The maximum absolute atomic E-state index is 12.2. The average molecular weight is 392 g/mol. The summed E-state index contributed by atoms with van der Waals surface area (Å²) in [4.78, 5) is 13.2. The molecule has 0 spiro atoms. The van der Waals surface area contributed by atoms with Gasteiger partial charge in [-0.1, -0.05) is 61.3 Å². The van der Waals surface area contributed by atoms with E-state index in [1.165, 1.54) is 17.8 Å². The predicted molar refractivity (Wildman–Crippen MR) is 103 cm³/mol. The molecule has 1 aromatic carbocycles. The highest BCUT2D eigenvalue weighted by Crippen LogP contribution is 2.28. The van der Waals surface area contributed by atoms with E-state index >= 15 is 0 Å². The molecule has 0 aliphatic carbocycles. The molecule has 0 unspecified atom stereocenters. The normalized spacial score (nSPS) is 10.8. The van der Waals surface area contributed by atoms with E-state index in [0.717, 1.165) is 9.38 Å². The van der Waals surface area contributed by atoms with Crippen molar-refractivity contribution in [2.24, 2.45) is 5.92 Å². The highest BCUT2D eigenvalue weighted by molar-refractivity contribution is 9.10. The predicted octanol–water partition coefficient (Wildman–Crippen LogP) is 5.49. The molecule has 3 nitrogen and oxygen atoms in total. The van der Waals surface area contributed by atoms with Crippen LogP contribution in [0, 0.1) is 5.92 Å². The van der Waals surface area contributed by atoms with Crippen LogP contribution < -0.4 is 10.7 Å². The Labute approximate surface area is 148 Å². The number of nitrogens with one attached hydrogen (secondary N) is 1. The molecule has 0 aliphatic rings. The fraction of sp³-hybridized carbons (Fsp3) is 0.167. The van der Waals surface area contributed by atoms with Gasteiger partial charge in [-0.05, 0) is 29.0 Å². The second-order valence-corrected chi connectivity index (χ2v) is 7.50. The Hall–Kier alpha value is -1.72. The van der Waals surface area contributed by atoms with E-state index in [0.29, 0.717) is 33.4 Å². The molecule has 2 rings (SSSR count). The third kappa shape index (κ3) is 4.39. The molecule has 1 aromatic heterocycles. The zero-order valence-corrected chi connectivity index (χ0v) is 15.5. The first-order chi connectivity index (χ1) is 10.8. The van der Waals surface area contributed by atoms with Crippen molar-refractivity contribution in [2.75, 3.05) is 0 Å². The van der Waals surface area contributed by atoms with Gasteiger partial charge in [-0.3, -0.25) is 4.79 Å². The van der Waals surface area contributed by atoms with Crippen LogP contribution in [-0.4, -0.2) is 0 Å². The molecule has 1 N–H and O–H groups in total. The van der Waals surface area contributed by atoms with Gasteiger partial charge in [-0.15, -0.1) is 0 Å². The summed E-state index contributed by atoms with van der Waals surface area (Å²) in [5.74, 6) is 0.736. The molecule has 0 saturated heterocycles. The van der Waals surface area contributed by atoms with E-state index in [4.69, 9.17) is 4.42 Å². The lowest BCUT2D eigenvalue weighted by Crippen LogP contribution is -2.11.